The van der Waals surface area contributed by atoms with Crippen molar-refractivity contribution in [3.63, 3.8) is 0 Å². The lowest BCUT2D eigenvalue weighted by molar-refractivity contribution is 0.811. The predicted molar refractivity (Wildman–Crippen MR) is 253 cm³/mol. The summed E-state index contributed by atoms with van der Waals surface area (Å²) < 4.78 is 1.32. The zero-order chi connectivity index (χ0) is 39.6. The van der Waals surface area contributed by atoms with E-state index in [1.165, 1.54) is 70.7 Å². The van der Waals surface area contributed by atoms with Gasteiger partial charge in [-0.05, 0) is 118 Å². The number of hydrogen-bond acceptors (Lipinski definition) is 3. The summed E-state index contributed by atoms with van der Waals surface area (Å²) >= 11 is 1.96. The molecule has 0 amide bonds. The first-order valence-corrected chi connectivity index (χ1v) is 21.4. The van der Waals surface area contributed by atoms with Crippen LogP contribution < -0.4 is 9.80 Å². The van der Waals surface area contributed by atoms with Gasteiger partial charge in [-0.1, -0.05) is 152 Å². The van der Waals surface area contributed by atoms with Crippen molar-refractivity contribution in [1.29, 1.82) is 0 Å². The van der Waals surface area contributed by atoms with Crippen molar-refractivity contribution < 1.29 is 0 Å². The molecule has 1 unspecified atom stereocenters. The Bertz CT molecular complexity index is 3110. The van der Waals surface area contributed by atoms with E-state index in [9.17, 15) is 0 Å². The first-order valence-electron chi connectivity index (χ1n) is 20.6. The summed E-state index contributed by atoms with van der Waals surface area (Å²) in [7, 11) is 0. The largest absolute Gasteiger partial charge is 0.311 e. The number of hydrogen-bond donors (Lipinski definition) is 0. The Balaban J connectivity index is 1.05. The van der Waals surface area contributed by atoms with E-state index in [0.29, 0.717) is 0 Å². The highest BCUT2D eigenvalue weighted by Crippen LogP contribution is 2.68. The van der Waals surface area contributed by atoms with Crippen molar-refractivity contribution in [2.45, 2.75) is 5.41 Å². The molecule has 0 radical (unpaired) electrons. The number of thiophene rings is 1. The minimum Gasteiger partial charge on any atom is -0.311 e. The average molecular weight is 783 g/mol. The second kappa shape index (κ2) is 13.8. The summed E-state index contributed by atoms with van der Waals surface area (Å²) in [5.74, 6) is 0. The van der Waals surface area contributed by atoms with E-state index < -0.39 is 5.41 Å². The second-order valence-electron chi connectivity index (χ2n) is 15.6. The maximum absolute atomic E-state index is 2.44. The third-order valence-electron chi connectivity index (χ3n) is 12.4. The zero-order valence-corrected chi connectivity index (χ0v) is 33.6. The van der Waals surface area contributed by atoms with Crippen molar-refractivity contribution in [3.05, 3.63) is 252 Å². The quantitative estimate of drug-likeness (QED) is 0.159. The van der Waals surface area contributed by atoms with Crippen LogP contribution in [-0.2, 0) is 5.41 Å². The van der Waals surface area contributed by atoms with Crippen molar-refractivity contribution in [1.82, 2.24) is 0 Å². The average Bonchev–Trinajstić information content (AvgIpc) is 3.95. The highest BCUT2D eigenvalue weighted by Gasteiger charge is 2.54. The summed E-state index contributed by atoms with van der Waals surface area (Å²) in [6, 6.07) is 84.3. The Morgan fingerprint density at radius 1 is 0.333 bits per heavy atom. The van der Waals surface area contributed by atoms with E-state index in [2.05, 4.69) is 240 Å². The third-order valence-corrected chi connectivity index (χ3v) is 13.7. The number of anilines is 6. The first-order chi connectivity index (χ1) is 29.8. The molecular formula is C57H38N2S. The molecule has 12 rings (SSSR count). The first kappa shape index (κ1) is 34.6. The van der Waals surface area contributed by atoms with Gasteiger partial charge in [-0.25, -0.2) is 0 Å². The maximum atomic E-state index is 2.44. The van der Waals surface area contributed by atoms with E-state index in [-0.39, 0.29) is 0 Å². The molecule has 1 aromatic heterocycles. The Morgan fingerprint density at radius 3 is 1.48 bits per heavy atom. The van der Waals surface area contributed by atoms with Gasteiger partial charge < -0.3 is 9.80 Å². The van der Waals surface area contributed by atoms with Crippen LogP contribution in [-0.4, -0.2) is 0 Å². The summed E-state index contributed by atoms with van der Waals surface area (Å²) in [6.07, 6.45) is 0. The van der Waals surface area contributed by atoms with E-state index in [0.717, 1.165) is 28.4 Å². The van der Waals surface area contributed by atoms with Crippen LogP contribution in [0.1, 0.15) is 21.6 Å². The van der Waals surface area contributed by atoms with Gasteiger partial charge in [-0.3, -0.25) is 0 Å². The Morgan fingerprint density at radius 2 is 0.833 bits per heavy atom. The zero-order valence-electron chi connectivity index (χ0n) is 32.7. The second-order valence-corrected chi connectivity index (χ2v) is 16.7. The van der Waals surface area contributed by atoms with Gasteiger partial charge in [0.1, 0.15) is 0 Å². The molecule has 1 atom stereocenters. The molecule has 0 aliphatic heterocycles. The van der Waals surface area contributed by atoms with Gasteiger partial charge in [0.15, 0.2) is 0 Å². The molecule has 1 heterocycles. The van der Waals surface area contributed by atoms with E-state index in [1.54, 1.807) is 0 Å². The molecule has 1 spiro atoms. The fourth-order valence-electron chi connectivity index (χ4n) is 9.97. The molecule has 60 heavy (non-hydrogen) atoms. The molecule has 10 aromatic rings. The van der Waals surface area contributed by atoms with Crippen LogP contribution in [0.25, 0.3) is 43.5 Å². The smallest absolute Gasteiger partial charge is 0.0820 e. The minimum atomic E-state index is -0.469. The van der Waals surface area contributed by atoms with E-state index in [1.807, 2.05) is 11.3 Å². The van der Waals surface area contributed by atoms with Crippen LogP contribution in [0.2, 0.25) is 0 Å². The highest BCUT2D eigenvalue weighted by molar-refractivity contribution is 7.20. The predicted octanol–water partition coefficient (Wildman–Crippen LogP) is 15.9. The molecule has 0 fully saturated rings. The molecule has 2 aliphatic rings. The highest BCUT2D eigenvalue weighted by atomic mass is 32.1. The van der Waals surface area contributed by atoms with E-state index >= 15 is 0 Å². The molecular weight excluding hydrogens is 745 g/mol. The fourth-order valence-corrected chi connectivity index (χ4v) is 11.4. The van der Waals surface area contributed by atoms with Crippen LogP contribution in [0.15, 0.2) is 231 Å². The fraction of sp³-hybridized carbons (Fsp3) is 0.0175. The molecule has 0 bridgehead atoms. The number of fused-ring (bicyclic) bond motifs is 12. The SMILES string of the molecule is c1ccc(N(c2ccccc2)c2ccc(-c3ccc4c(c3)-c3ccccc3C43c4cccc(N(c5ccccc5)c5ccccc5)c4-c4c3sc3ccccc43)cc2)cc1. The summed E-state index contributed by atoms with van der Waals surface area (Å²) in [6.45, 7) is 0. The third kappa shape index (κ3) is 5.13. The summed E-state index contributed by atoms with van der Waals surface area (Å²) in [4.78, 5) is 6.16. The van der Waals surface area contributed by atoms with Crippen molar-refractivity contribution in [2.24, 2.45) is 0 Å². The number of para-hydroxylation sites is 4. The van der Waals surface area contributed by atoms with Gasteiger partial charge in [0.25, 0.3) is 0 Å². The van der Waals surface area contributed by atoms with Gasteiger partial charge in [0.2, 0.25) is 0 Å². The lowest BCUT2D eigenvalue weighted by Crippen LogP contribution is -2.25. The summed E-state index contributed by atoms with van der Waals surface area (Å²) in [5.41, 5.74) is 18.1. The Kier molecular flexibility index (Phi) is 7.97. The van der Waals surface area contributed by atoms with Gasteiger partial charge >= 0.3 is 0 Å². The molecule has 2 nitrogen and oxygen atoms in total. The monoisotopic (exact) mass is 782 g/mol. The number of rotatable bonds is 7. The van der Waals surface area contributed by atoms with Crippen LogP contribution in [0.4, 0.5) is 34.1 Å². The topological polar surface area (TPSA) is 6.48 Å². The molecule has 9 aromatic carbocycles. The van der Waals surface area contributed by atoms with Crippen molar-refractivity contribution >= 4 is 55.5 Å². The lowest BCUT2D eigenvalue weighted by atomic mass is 9.73. The number of benzene rings is 9. The Labute approximate surface area is 354 Å². The Hall–Kier alpha value is -7.46. The van der Waals surface area contributed by atoms with Gasteiger partial charge in [-0.2, -0.15) is 0 Å². The van der Waals surface area contributed by atoms with Crippen LogP contribution >= 0.6 is 11.3 Å². The van der Waals surface area contributed by atoms with Crippen LogP contribution in [0.3, 0.4) is 0 Å². The lowest BCUT2D eigenvalue weighted by Gasteiger charge is -2.31. The van der Waals surface area contributed by atoms with Gasteiger partial charge in [0, 0.05) is 54.5 Å². The van der Waals surface area contributed by atoms with Gasteiger partial charge in [0.05, 0.1) is 11.1 Å². The van der Waals surface area contributed by atoms with Gasteiger partial charge in [-0.15, -0.1) is 11.3 Å². The van der Waals surface area contributed by atoms with Crippen LogP contribution in [0, 0.1) is 0 Å². The molecule has 0 N–H and O–H groups in total. The standard InChI is InChI=1S/C57H38N2S/c1-5-18-41(19-6-1)58(42-20-7-2-8-21-42)45-35-32-39(33-36-45)40-34-37-50-48(38-40)46-26-13-15-28-49(46)57(50)51-29-17-30-52(55(51)54-47-27-14-16-31-53(47)60-56(54)57)59(43-22-9-3-10-23-43)44-24-11-4-12-25-44/h1-38H. The summed E-state index contributed by atoms with van der Waals surface area (Å²) in [5, 5.41) is 1.31. The van der Waals surface area contributed by atoms with Crippen molar-refractivity contribution in [2.75, 3.05) is 9.80 Å². The normalized spacial score (nSPS) is 14.4. The maximum Gasteiger partial charge on any atom is 0.0820 e. The molecule has 3 heteroatoms. The molecule has 282 valence electrons. The molecule has 0 saturated carbocycles. The molecule has 0 saturated heterocycles. The van der Waals surface area contributed by atoms with E-state index in [4.69, 9.17) is 0 Å². The number of nitrogens with zero attached hydrogens (tertiary/aromatic N) is 2. The van der Waals surface area contributed by atoms with Crippen molar-refractivity contribution in [3.8, 4) is 33.4 Å². The minimum absolute atomic E-state index is 0.469. The van der Waals surface area contributed by atoms with Crippen LogP contribution in [0.5, 0.6) is 0 Å². The molecule has 2 aliphatic carbocycles.